The van der Waals surface area contributed by atoms with Gasteiger partial charge in [0.15, 0.2) is 0 Å². The van der Waals surface area contributed by atoms with Crippen LogP contribution in [0.2, 0.25) is 0 Å². The number of benzene rings is 1. The highest BCUT2D eigenvalue weighted by Crippen LogP contribution is 2.26. The quantitative estimate of drug-likeness (QED) is 0.802. The fourth-order valence-electron chi connectivity index (χ4n) is 3.01. The van der Waals surface area contributed by atoms with Gasteiger partial charge in [0.25, 0.3) is 5.91 Å². The number of aromatic nitrogens is 1. The Morgan fingerprint density at radius 3 is 2.68 bits per heavy atom. The van der Waals surface area contributed by atoms with E-state index in [-0.39, 0.29) is 12.5 Å². The summed E-state index contributed by atoms with van der Waals surface area (Å²) in [5, 5.41) is 6.41. The summed E-state index contributed by atoms with van der Waals surface area (Å²) in [5.41, 5.74) is 0.604. The Bertz CT molecular complexity index is 857. The molecule has 1 aliphatic rings. The second kappa shape index (κ2) is 6.44. The minimum atomic E-state index is -0.892. The first kappa shape index (κ1) is 17.3. The van der Waals surface area contributed by atoms with Gasteiger partial charge in [-0.3, -0.25) is 14.5 Å². The van der Waals surface area contributed by atoms with Crippen molar-refractivity contribution in [1.29, 1.82) is 0 Å². The van der Waals surface area contributed by atoms with E-state index in [0.717, 1.165) is 20.1 Å². The van der Waals surface area contributed by atoms with Crippen molar-refractivity contribution < 1.29 is 14.4 Å². The van der Waals surface area contributed by atoms with Crippen LogP contribution in [0, 0.1) is 6.92 Å². The molecule has 1 aromatic heterocycles. The van der Waals surface area contributed by atoms with Crippen LogP contribution in [-0.2, 0) is 9.59 Å². The van der Waals surface area contributed by atoms with E-state index in [2.05, 4.69) is 15.6 Å². The van der Waals surface area contributed by atoms with E-state index in [9.17, 15) is 14.4 Å². The minimum absolute atomic E-state index is 0.299. The van der Waals surface area contributed by atoms with Crippen LogP contribution in [0.5, 0.6) is 0 Å². The van der Waals surface area contributed by atoms with Gasteiger partial charge in [-0.25, -0.2) is 9.78 Å². The zero-order valence-corrected chi connectivity index (χ0v) is 15.2. The first-order chi connectivity index (χ1) is 11.9. The molecule has 25 heavy (non-hydrogen) atoms. The fourth-order valence-corrected chi connectivity index (χ4v) is 3.88. The Morgan fingerprint density at radius 1 is 1.32 bits per heavy atom. The Hall–Kier alpha value is -2.48. The van der Waals surface area contributed by atoms with Crippen molar-refractivity contribution in [2.75, 3.05) is 11.9 Å². The van der Waals surface area contributed by atoms with E-state index in [0.29, 0.717) is 18.5 Å². The van der Waals surface area contributed by atoms with Crippen LogP contribution in [0.1, 0.15) is 31.7 Å². The van der Waals surface area contributed by atoms with Crippen LogP contribution in [0.4, 0.5) is 10.5 Å². The number of fused-ring (bicyclic) bond motifs is 1. The summed E-state index contributed by atoms with van der Waals surface area (Å²) in [7, 11) is 0. The Balaban J connectivity index is 1.71. The molecule has 0 spiro atoms. The van der Waals surface area contributed by atoms with Gasteiger partial charge in [0.05, 0.1) is 15.2 Å². The molecule has 0 atom stereocenters. The summed E-state index contributed by atoms with van der Waals surface area (Å²) in [4.78, 5) is 42.3. The lowest BCUT2D eigenvalue weighted by atomic mass is 9.93. The fraction of sp³-hybridized carbons (Fsp3) is 0.412. The van der Waals surface area contributed by atoms with Gasteiger partial charge in [-0.15, -0.1) is 11.3 Å². The molecule has 0 radical (unpaired) electrons. The monoisotopic (exact) mass is 360 g/mol. The maximum Gasteiger partial charge on any atom is 0.325 e. The number of thiazole rings is 1. The molecular weight excluding hydrogens is 340 g/mol. The molecule has 4 amide bonds. The maximum atomic E-state index is 12.5. The van der Waals surface area contributed by atoms with Crippen LogP contribution in [0.25, 0.3) is 10.2 Å². The third kappa shape index (κ3) is 3.09. The number of imide groups is 1. The molecule has 8 heteroatoms. The molecule has 0 bridgehead atoms. The molecular formula is C17H20N4O3S. The number of hydrogen-bond acceptors (Lipinski definition) is 5. The van der Waals surface area contributed by atoms with Crippen molar-refractivity contribution in [3.63, 3.8) is 0 Å². The van der Waals surface area contributed by atoms with Gasteiger partial charge in [0.1, 0.15) is 12.1 Å². The topological polar surface area (TPSA) is 91.4 Å². The average Bonchev–Trinajstić information content (AvgIpc) is 3.06. The molecule has 0 saturated carbocycles. The van der Waals surface area contributed by atoms with E-state index in [1.54, 1.807) is 17.4 Å². The van der Waals surface area contributed by atoms with Crippen LogP contribution in [-0.4, -0.2) is 39.8 Å². The first-order valence-electron chi connectivity index (χ1n) is 8.19. The first-order valence-corrected chi connectivity index (χ1v) is 9.01. The second-order valence-corrected chi connectivity index (χ2v) is 7.31. The molecule has 132 valence electrons. The third-order valence-corrected chi connectivity index (χ3v) is 5.47. The number of carbonyl (C=O) groups excluding carboxylic acids is 3. The maximum absolute atomic E-state index is 12.5. The number of urea groups is 1. The van der Waals surface area contributed by atoms with Crippen LogP contribution in [0.15, 0.2) is 18.2 Å². The van der Waals surface area contributed by atoms with Gasteiger partial charge >= 0.3 is 6.03 Å². The van der Waals surface area contributed by atoms with Crippen LogP contribution in [0.3, 0.4) is 0 Å². The van der Waals surface area contributed by atoms with Gasteiger partial charge < -0.3 is 10.6 Å². The van der Waals surface area contributed by atoms with E-state index in [1.165, 1.54) is 0 Å². The second-order valence-electron chi connectivity index (χ2n) is 6.07. The number of hydrogen-bond donors (Lipinski definition) is 2. The number of carbonyl (C=O) groups is 3. The normalized spacial score (nSPS) is 16.4. The standard InChI is InChI=1S/C17H20N4O3S/c1-4-17(5-2)15(23)21(16(24)20-17)9-14(22)19-11-6-7-12-13(8-11)25-10(3)18-12/h6-8H,4-5,9H2,1-3H3,(H,19,22)(H,20,24). The molecule has 2 aromatic rings. The molecule has 2 N–H and O–H groups in total. The summed E-state index contributed by atoms with van der Waals surface area (Å²) in [6.45, 7) is 5.31. The summed E-state index contributed by atoms with van der Waals surface area (Å²) in [6, 6.07) is 4.92. The summed E-state index contributed by atoms with van der Waals surface area (Å²) in [5.74, 6) is -0.752. The number of nitrogens with zero attached hydrogens (tertiary/aromatic N) is 2. The molecule has 1 aliphatic heterocycles. The predicted octanol–water partition coefficient (Wildman–Crippen LogP) is 2.65. The van der Waals surface area contributed by atoms with E-state index >= 15 is 0 Å². The van der Waals surface area contributed by atoms with Crippen molar-refractivity contribution in [3.8, 4) is 0 Å². The molecule has 2 heterocycles. The molecule has 3 rings (SSSR count). The number of rotatable bonds is 5. The molecule has 1 fully saturated rings. The third-order valence-electron chi connectivity index (χ3n) is 4.53. The summed E-state index contributed by atoms with van der Waals surface area (Å²) in [6.07, 6.45) is 0.987. The Kier molecular flexibility index (Phi) is 4.47. The zero-order valence-electron chi connectivity index (χ0n) is 14.4. The predicted molar refractivity (Wildman–Crippen MR) is 96.5 cm³/mol. The Morgan fingerprint density at radius 2 is 2.04 bits per heavy atom. The van der Waals surface area contributed by atoms with Gasteiger partial charge in [-0.1, -0.05) is 13.8 Å². The lowest BCUT2D eigenvalue weighted by Gasteiger charge is -2.23. The largest absolute Gasteiger partial charge is 0.325 e. The van der Waals surface area contributed by atoms with Crippen molar-refractivity contribution >= 4 is 45.1 Å². The van der Waals surface area contributed by atoms with Crippen molar-refractivity contribution in [2.24, 2.45) is 0 Å². The number of nitrogens with one attached hydrogen (secondary N) is 2. The van der Waals surface area contributed by atoms with Crippen molar-refractivity contribution in [3.05, 3.63) is 23.2 Å². The molecule has 1 aromatic carbocycles. The highest BCUT2D eigenvalue weighted by atomic mass is 32.1. The molecule has 0 aliphatic carbocycles. The zero-order chi connectivity index (χ0) is 18.2. The Labute approximate surface area is 149 Å². The number of anilines is 1. The lowest BCUT2D eigenvalue weighted by molar-refractivity contribution is -0.134. The number of amides is 4. The van der Waals surface area contributed by atoms with Gasteiger partial charge in [-0.2, -0.15) is 0 Å². The minimum Gasteiger partial charge on any atom is -0.324 e. The van der Waals surface area contributed by atoms with E-state index in [1.807, 2.05) is 32.9 Å². The molecule has 0 unspecified atom stereocenters. The van der Waals surface area contributed by atoms with Gasteiger partial charge in [0, 0.05) is 5.69 Å². The smallest absolute Gasteiger partial charge is 0.324 e. The highest BCUT2D eigenvalue weighted by Gasteiger charge is 2.49. The summed E-state index contributed by atoms with van der Waals surface area (Å²) >= 11 is 1.54. The number of aryl methyl sites for hydroxylation is 1. The highest BCUT2D eigenvalue weighted by molar-refractivity contribution is 7.18. The SMILES string of the molecule is CCC1(CC)NC(=O)N(CC(=O)Nc2ccc3nc(C)sc3c2)C1=O. The molecule has 7 nitrogen and oxygen atoms in total. The van der Waals surface area contributed by atoms with Crippen LogP contribution < -0.4 is 10.6 Å². The van der Waals surface area contributed by atoms with Crippen molar-refractivity contribution in [2.45, 2.75) is 39.2 Å². The van der Waals surface area contributed by atoms with E-state index < -0.39 is 17.5 Å². The van der Waals surface area contributed by atoms with Crippen LogP contribution >= 0.6 is 11.3 Å². The van der Waals surface area contributed by atoms with Gasteiger partial charge in [-0.05, 0) is 38.0 Å². The molecule has 1 saturated heterocycles. The van der Waals surface area contributed by atoms with Gasteiger partial charge in [0.2, 0.25) is 5.91 Å². The average molecular weight is 360 g/mol. The lowest BCUT2D eigenvalue weighted by Crippen LogP contribution is -2.46. The van der Waals surface area contributed by atoms with E-state index in [4.69, 9.17) is 0 Å². The summed E-state index contributed by atoms with van der Waals surface area (Å²) < 4.78 is 0.973. The van der Waals surface area contributed by atoms with Crippen molar-refractivity contribution in [1.82, 2.24) is 15.2 Å².